The minimum atomic E-state index is -0.373. The Morgan fingerprint density at radius 3 is 2.67 bits per heavy atom. The third kappa shape index (κ3) is 4.60. The van der Waals surface area contributed by atoms with E-state index in [9.17, 15) is 9.50 Å². The molecule has 1 fully saturated rings. The van der Waals surface area contributed by atoms with E-state index in [0.29, 0.717) is 40.8 Å². The molecule has 4 rings (SSSR count). The lowest BCUT2D eigenvalue weighted by Crippen LogP contribution is -2.35. The van der Waals surface area contributed by atoms with Crippen LogP contribution >= 0.6 is 11.6 Å². The van der Waals surface area contributed by atoms with Crippen molar-refractivity contribution >= 4 is 11.6 Å². The Bertz CT molecular complexity index is 1020. The Hall–Kier alpha value is -2.57. The molecule has 2 aromatic carbocycles. The summed E-state index contributed by atoms with van der Waals surface area (Å²) in [5.41, 5.74) is 2.05. The van der Waals surface area contributed by atoms with Crippen LogP contribution in [-0.4, -0.2) is 39.3 Å². The fourth-order valence-electron chi connectivity index (χ4n) is 3.84. The Kier molecular flexibility index (Phi) is 6.25. The van der Waals surface area contributed by atoms with E-state index in [2.05, 4.69) is 9.88 Å². The van der Waals surface area contributed by atoms with Crippen LogP contribution in [0.4, 0.5) is 4.39 Å². The van der Waals surface area contributed by atoms with Gasteiger partial charge in [-0.25, -0.2) is 8.96 Å². The molecule has 158 valence electrons. The minimum Gasteiger partial charge on any atom is -0.508 e. The number of imidazole rings is 1. The van der Waals surface area contributed by atoms with Gasteiger partial charge >= 0.3 is 6.01 Å². The number of phenolic OH excluding ortho intramolecular Hbond substituents is 1. The number of para-hydroxylation sites is 1. The lowest BCUT2D eigenvalue weighted by Gasteiger charge is -2.31. The second-order valence-corrected chi connectivity index (χ2v) is 8.12. The van der Waals surface area contributed by atoms with E-state index >= 15 is 0 Å². The van der Waals surface area contributed by atoms with Crippen molar-refractivity contribution in [1.82, 2.24) is 14.5 Å². The first-order chi connectivity index (χ1) is 14.5. The topological polar surface area (TPSA) is 50.5 Å². The zero-order chi connectivity index (χ0) is 21.1. The van der Waals surface area contributed by atoms with Gasteiger partial charge in [-0.05, 0) is 68.6 Å². The van der Waals surface area contributed by atoms with Crippen LogP contribution < -0.4 is 4.74 Å². The van der Waals surface area contributed by atoms with Gasteiger partial charge < -0.3 is 9.84 Å². The van der Waals surface area contributed by atoms with Crippen LogP contribution in [0, 0.1) is 18.7 Å². The van der Waals surface area contributed by atoms with E-state index in [1.165, 1.54) is 10.6 Å². The molecule has 7 heteroatoms. The van der Waals surface area contributed by atoms with Gasteiger partial charge in [0.15, 0.2) is 0 Å². The third-order valence-electron chi connectivity index (χ3n) is 5.51. The molecule has 0 radical (unpaired) electrons. The summed E-state index contributed by atoms with van der Waals surface area (Å²) in [6, 6.07) is 14.2. The molecule has 0 spiro atoms. The average Bonchev–Trinajstić information content (AvgIpc) is 3.01. The number of piperidine rings is 1. The Balaban J connectivity index is 1.36. The van der Waals surface area contributed by atoms with Crippen LogP contribution in [0.3, 0.4) is 0 Å². The minimum absolute atomic E-state index is 0.301. The number of halogens is 2. The molecule has 0 saturated carbocycles. The average molecular weight is 430 g/mol. The second-order valence-electron chi connectivity index (χ2n) is 7.76. The molecule has 0 unspecified atom stereocenters. The van der Waals surface area contributed by atoms with Gasteiger partial charge in [0.05, 0.1) is 18.0 Å². The first-order valence-electron chi connectivity index (χ1n) is 10.1. The van der Waals surface area contributed by atoms with Gasteiger partial charge in [0.1, 0.15) is 16.7 Å². The van der Waals surface area contributed by atoms with Crippen LogP contribution in [-0.2, 0) is 6.54 Å². The van der Waals surface area contributed by atoms with Gasteiger partial charge in [0, 0.05) is 6.54 Å². The molecule has 5 nitrogen and oxygen atoms in total. The lowest BCUT2D eigenvalue weighted by molar-refractivity contribution is 0.131. The van der Waals surface area contributed by atoms with Crippen molar-refractivity contribution in [3.05, 3.63) is 70.8 Å². The number of aromatic hydroxyl groups is 1. The van der Waals surface area contributed by atoms with Gasteiger partial charge in [-0.3, -0.25) is 4.90 Å². The number of nitrogens with zero attached hydrogens (tertiary/aromatic N) is 3. The summed E-state index contributed by atoms with van der Waals surface area (Å²) in [5.74, 6) is 0.326. The molecule has 2 heterocycles. The number of benzene rings is 2. The molecule has 1 aliphatic heterocycles. The second kappa shape index (κ2) is 9.06. The molecule has 1 N–H and O–H groups in total. The largest absolute Gasteiger partial charge is 0.508 e. The maximum atomic E-state index is 14.3. The van der Waals surface area contributed by atoms with Crippen LogP contribution in [0.5, 0.6) is 11.8 Å². The normalized spacial score (nSPS) is 15.4. The Labute approximate surface area is 180 Å². The Morgan fingerprint density at radius 2 is 1.93 bits per heavy atom. The number of aromatic nitrogens is 2. The Morgan fingerprint density at radius 1 is 1.17 bits per heavy atom. The predicted molar refractivity (Wildman–Crippen MR) is 115 cm³/mol. The first kappa shape index (κ1) is 20.7. The third-order valence-corrected chi connectivity index (χ3v) is 5.96. The quantitative estimate of drug-likeness (QED) is 0.601. The standard InChI is InChI=1S/C23H25ClFN3O2/c1-16-22(24)28(21-8-3-2-7-20(21)25)23(26-16)30-15-17-9-11-27(12-10-17)14-18-5-4-6-19(29)13-18/h2-8,13,17,29H,9-12,14-15H2,1H3. The molecule has 0 aliphatic carbocycles. The van der Waals surface area contributed by atoms with Gasteiger partial charge in [0.25, 0.3) is 0 Å². The SMILES string of the molecule is Cc1nc(OCC2CCN(Cc3cccc(O)c3)CC2)n(-c2ccccc2F)c1Cl. The highest BCUT2D eigenvalue weighted by Crippen LogP contribution is 2.30. The number of aryl methyl sites for hydroxylation is 1. The van der Waals surface area contributed by atoms with E-state index < -0.39 is 0 Å². The van der Waals surface area contributed by atoms with Gasteiger partial charge in [0.2, 0.25) is 0 Å². The summed E-state index contributed by atoms with van der Waals surface area (Å²) >= 11 is 6.38. The van der Waals surface area contributed by atoms with Crippen molar-refractivity contribution in [2.75, 3.05) is 19.7 Å². The van der Waals surface area contributed by atoms with Crippen molar-refractivity contribution in [2.24, 2.45) is 5.92 Å². The number of likely N-dealkylation sites (tertiary alicyclic amines) is 1. The summed E-state index contributed by atoms with van der Waals surface area (Å²) in [7, 11) is 0. The van der Waals surface area contributed by atoms with Crippen LogP contribution in [0.15, 0.2) is 48.5 Å². The zero-order valence-corrected chi connectivity index (χ0v) is 17.6. The van der Waals surface area contributed by atoms with Crippen molar-refractivity contribution in [1.29, 1.82) is 0 Å². The van der Waals surface area contributed by atoms with E-state index in [1.807, 2.05) is 18.2 Å². The molecule has 1 aromatic heterocycles. The smallest absolute Gasteiger partial charge is 0.302 e. The van der Waals surface area contributed by atoms with E-state index in [0.717, 1.165) is 38.0 Å². The number of hydrogen-bond donors (Lipinski definition) is 1. The van der Waals surface area contributed by atoms with Crippen molar-refractivity contribution < 1.29 is 14.2 Å². The first-order valence-corrected chi connectivity index (χ1v) is 10.5. The predicted octanol–water partition coefficient (Wildman–Crippen LogP) is 4.97. The summed E-state index contributed by atoms with van der Waals surface area (Å²) in [5, 5.41) is 9.99. The highest BCUT2D eigenvalue weighted by molar-refractivity contribution is 6.30. The molecular weight excluding hydrogens is 405 g/mol. The fourth-order valence-corrected chi connectivity index (χ4v) is 4.05. The van der Waals surface area contributed by atoms with Gasteiger partial charge in [-0.15, -0.1) is 0 Å². The zero-order valence-electron chi connectivity index (χ0n) is 16.9. The van der Waals surface area contributed by atoms with Crippen molar-refractivity contribution in [3.63, 3.8) is 0 Å². The molecule has 0 atom stereocenters. The summed E-state index contributed by atoms with van der Waals surface area (Å²) in [4.78, 5) is 6.78. The van der Waals surface area contributed by atoms with Crippen LogP contribution in [0.25, 0.3) is 5.69 Å². The van der Waals surface area contributed by atoms with Crippen molar-refractivity contribution in [3.8, 4) is 17.4 Å². The highest BCUT2D eigenvalue weighted by Gasteiger charge is 2.23. The summed E-state index contributed by atoms with van der Waals surface area (Å²) in [6.07, 6.45) is 2.01. The van der Waals surface area contributed by atoms with Gasteiger partial charge in [-0.1, -0.05) is 35.9 Å². The van der Waals surface area contributed by atoms with Crippen molar-refractivity contribution in [2.45, 2.75) is 26.3 Å². The number of rotatable bonds is 6. The molecule has 0 amide bonds. The maximum Gasteiger partial charge on any atom is 0.302 e. The van der Waals surface area contributed by atoms with Crippen LogP contribution in [0.1, 0.15) is 24.1 Å². The summed E-state index contributed by atoms with van der Waals surface area (Å²) in [6.45, 7) is 5.05. The number of hydrogen-bond acceptors (Lipinski definition) is 4. The molecule has 3 aromatic rings. The summed E-state index contributed by atoms with van der Waals surface area (Å²) < 4.78 is 21.8. The molecule has 1 saturated heterocycles. The van der Waals surface area contributed by atoms with E-state index in [4.69, 9.17) is 16.3 Å². The molecular formula is C23H25ClFN3O2. The monoisotopic (exact) mass is 429 g/mol. The number of ether oxygens (including phenoxy) is 1. The number of phenols is 1. The molecule has 1 aliphatic rings. The molecule has 0 bridgehead atoms. The lowest BCUT2D eigenvalue weighted by atomic mass is 9.97. The maximum absolute atomic E-state index is 14.3. The fraction of sp³-hybridized carbons (Fsp3) is 0.348. The van der Waals surface area contributed by atoms with Crippen LogP contribution in [0.2, 0.25) is 5.15 Å². The molecule has 30 heavy (non-hydrogen) atoms. The van der Waals surface area contributed by atoms with Gasteiger partial charge in [-0.2, -0.15) is 4.98 Å². The van der Waals surface area contributed by atoms with E-state index in [-0.39, 0.29) is 5.82 Å². The highest BCUT2D eigenvalue weighted by atomic mass is 35.5. The van der Waals surface area contributed by atoms with E-state index in [1.54, 1.807) is 31.2 Å².